The molecule has 0 aliphatic carbocycles. The van der Waals surface area contributed by atoms with Gasteiger partial charge in [-0.05, 0) is 36.4 Å². The average Bonchev–Trinajstić information content (AvgIpc) is 2.52. The van der Waals surface area contributed by atoms with Crippen LogP contribution in [0.4, 0.5) is 24.5 Å². The monoisotopic (exact) mass is 324 g/mol. The van der Waals surface area contributed by atoms with Crippen LogP contribution in [0.25, 0.3) is 0 Å². The zero-order valence-corrected chi connectivity index (χ0v) is 12.3. The lowest BCUT2D eigenvalue weighted by molar-refractivity contribution is -0.274. The second kappa shape index (κ2) is 7.04. The van der Waals surface area contributed by atoms with Gasteiger partial charge in [-0.2, -0.15) is 0 Å². The number of rotatable bonds is 5. The van der Waals surface area contributed by atoms with Crippen LogP contribution < -0.4 is 15.0 Å². The standard InChI is InChI=1S/C16H15F3N2O2/c1-21(13-5-3-2-4-6-13)15(22)11-20-12-7-9-14(10-8-12)23-16(17,18)19/h2-10,20H,11H2,1H3. The maximum Gasteiger partial charge on any atom is 0.573 e. The summed E-state index contributed by atoms with van der Waals surface area (Å²) in [6.07, 6.45) is -4.72. The lowest BCUT2D eigenvalue weighted by Crippen LogP contribution is -2.32. The predicted octanol–water partition coefficient (Wildman–Crippen LogP) is 3.66. The topological polar surface area (TPSA) is 41.6 Å². The number of nitrogens with zero attached hydrogens (tertiary/aromatic N) is 1. The van der Waals surface area contributed by atoms with E-state index in [1.165, 1.54) is 29.2 Å². The Kier molecular flexibility index (Phi) is 5.10. The first-order chi connectivity index (χ1) is 10.8. The number of amides is 1. The lowest BCUT2D eigenvalue weighted by atomic mass is 10.3. The van der Waals surface area contributed by atoms with Crippen molar-refractivity contribution in [2.24, 2.45) is 0 Å². The number of nitrogens with one attached hydrogen (secondary N) is 1. The Bertz CT molecular complexity index is 643. The van der Waals surface area contributed by atoms with Gasteiger partial charge in [0.2, 0.25) is 5.91 Å². The largest absolute Gasteiger partial charge is 0.573 e. The summed E-state index contributed by atoms with van der Waals surface area (Å²) in [5.41, 5.74) is 1.28. The fraction of sp³-hybridized carbons (Fsp3) is 0.188. The zero-order chi connectivity index (χ0) is 16.9. The van der Waals surface area contributed by atoms with Gasteiger partial charge in [0, 0.05) is 18.4 Å². The Hall–Kier alpha value is -2.70. The molecule has 2 aromatic carbocycles. The molecule has 0 aliphatic heterocycles. The second-order valence-corrected chi connectivity index (χ2v) is 4.71. The quantitative estimate of drug-likeness (QED) is 0.912. The highest BCUT2D eigenvalue weighted by molar-refractivity contribution is 5.95. The van der Waals surface area contributed by atoms with Gasteiger partial charge in [-0.25, -0.2) is 0 Å². The molecule has 2 rings (SSSR count). The molecule has 0 saturated heterocycles. The molecule has 1 amide bonds. The van der Waals surface area contributed by atoms with E-state index in [1.807, 2.05) is 18.2 Å². The molecule has 23 heavy (non-hydrogen) atoms. The maximum atomic E-state index is 12.1. The first kappa shape index (κ1) is 16.7. The zero-order valence-electron chi connectivity index (χ0n) is 12.3. The summed E-state index contributed by atoms with van der Waals surface area (Å²) in [5, 5.41) is 2.86. The Morgan fingerprint density at radius 2 is 1.70 bits per heavy atom. The third-order valence-corrected chi connectivity index (χ3v) is 3.05. The van der Waals surface area contributed by atoms with E-state index in [4.69, 9.17) is 0 Å². The van der Waals surface area contributed by atoms with Crippen LogP contribution in [-0.2, 0) is 4.79 Å². The van der Waals surface area contributed by atoms with Crippen LogP contribution in [0.1, 0.15) is 0 Å². The summed E-state index contributed by atoms with van der Waals surface area (Å²) in [5.74, 6) is -0.484. The van der Waals surface area contributed by atoms with E-state index < -0.39 is 6.36 Å². The van der Waals surface area contributed by atoms with Crippen LogP contribution in [0.3, 0.4) is 0 Å². The fourth-order valence-electron chi connectivity index (χ4n) is 1.87. The molecule has 2 aromatic rings. The van der Waals surface area contributed by atoms with Gasteiger partial charge >= 0.3 is 6.36 Å². The predicted molar refractivity (Wildman–Crippen MR) is 81.5 cm³/mol. The first-order valence-corrected chi connectivity index (χ1v) is 6.76. The summed E-state index contributed by atoms with van der Waals surface area (Å²) < 4.78 is 39.9. The van der Waals surface area contributed by atoms with Gasteiger partial charge in [-0.15, -0.1) is 13.2 Å². The molecule has 0 saturated carbocycles. The minimum Gasteiger partial charge on any atom is -0.406 e. The van der Waals surface area contributed by atoms with Crippen LogP contribution in [0.15, 0.2) is 54.6 Å². The van der Waals surface area contributed by atoms with Crippen molar-refractivity contribution in [3.63, 3.8) is 0 Å². The summed E-state index contributed by atoms with van der Waals surface area (Å²) in [6.45, 7) is 0.0187. The minimum atomic E-state index is -4.72. The van der Waals surface area contributed by atoms with E-state index in [2.05, 4.69) is 10.1 Å². The van der Waals surface area contributed by atoms with Crippen LogP contribution >= 0.6 is 0 Å². The van der Waals surface area contributed by atoms with Gasteiger partial charge in [-0.3, -0.25) is 4.79 Å². The van der Waals surface area contributed by atoms with Crippen molar-refractivity contribution in [3.05, 3.63) is 54.6 Å². The van der Waals surface area contributed by atoms with Crippen molar-refractivity contribution < 1.29 is 22.7 Å². The highest BCUT2D eigenvalue weighted by atomic mass is 19.4. The highest BCUT2D eigenvalue weighted by Gasteiger charge is 2.30. The fourth-order valence-corrected chi connectivity index (χ4v) is 1.87. The first-order valence-electron chi connectivity index (χ1n) is 6.76. The average molecular weight is 324 g/mol. The second-order valence-electron chi connectivity index (χ2n) is 4.71. The van der Waals surface area contributed by atoms with Gasteiger partial charge in [0.1, 0.15) is 5.75 Å². The molecule has 0 atom stereocenters. The molecule has 0 unspecified atom stereocenters. The summed E-state index contributed by atoms with van der Waals surface area (Å²) >= 11 is 0. The minimum absolute atomic E-state index is 0.0187. The van der Waals surface area contributed by atoms with E-state index in [-0.39, 0.29) is 18.2 Å². The molecule has 7 heteroatoms. The molecule has 0 fully saturated rings. The van der Waals surface area contributed by atoms with E-state index in [0.717, 1.165) is 5.69 Å². The highest BCUT2D eigenvalue weighted by Crippen LogP contribution is 2.23. The molecule has 122 valence electrons. The summed E-state index contributed by atoms with van der Waals surface area (Å²) in [7, 11) is 1.65. The molecule has 4 nitrogen and oxygen atoms in total. The number of carbonyl (C=O) groups excluding carboxylic acids is 1. The van der Waals surface area contributed by atoms with Crippen molar-refractivity contribution in [2.75, 3.05) is 23.8 Å². The van der Waals surface area contributed by atoms with E-state index in [0.29, 0.717) is 5.69 Å². The van der Waals surface area contributed by atoms with Gasteiger partial charge in [0.15, 0.2) is 0 Å². The molecule has 0 heterocycles. The molecule has 1 N–H and O–H groups in total. The van der Waals surface area contributed by atoms with Crippen LogP contribution in [-0.4, -0.2) is 25.9 Å². The summed E-state index contributed by atoms with van der Waals surface area (Å²) in [6, 6.07) is 14.3. The van der Waals surface area contributed by atoms with Gasteiger partial charge < -0.3 is 15.0 Å². The van der Waals surface area contributed by atoms with Crippen LogP contribution in [0, 0.1) is 0 Å². The van der Waals surface area contributed by atoms with Gasteiger partial charge in [0.25, 0.3) is 0 Å². The Labute approximate surface area is 131 Å². The number of hydrogen-bond acceptors (Lipinski definition) is 3. The smallest absolute Gasteiger partial charge is 0.406 e. The molecule has 0 aromatic heterocycles. The van der Waals surface area contributed by atoms with Gasteiger partial charge in [-0.1, -0.05) is 18.2 Å². The number of ether oxygens (including phenoxy) is 1. The SMILES string of the molecule is CN(C(=O)CNc1ccc(OC(F)(F)F)cc1)c1ccccc1. The van der Waals surface area contributed by atoms with Crippen molar-refractivity contribution >= 4 is 17.3 Å². The number of benzene rings is 2. The van der Waals surface area contributed by atoms with Crippen molar-refractivity contribution in [1.82, 2.24) is 0 Å². The third kappa shape index (κ3) is 5.21. The normalized spacial score (nSPS) is 11.0. The maximum absolute atomic E-state index is 12.1. The number of hydrogen-bond donors (Lipinski definition) is 1. The van der Waals surface area contributed by atoms with E-state index in [9.17, 15) is 18.0 Å². The van der Waals surface area contributed by atoms with Crippen LogP contribution in [0.2, 0.25) is 0 Å². The van der Waals surface area contributed by atoms with Gasteiger partial charge in [0.05, 0.1) is 6.54 Å². The Balaban J connectivity index is 1.89. The number of halogens is 3. The Morgan fingerprint density at radius 1 is 1.09 bits per heavy atom. The lowest BCUT2D eigenvalue weighted by Gasteiger charge is -2.18. The Morgan fingerprint density at radius 3 is 2.26 bits per heavy atom. The molecular weight excluding hydrogens is 309 g/mol. The van der Waals surface area contributed by atoms with Crippen molar-refractivity contribution in [2.45, 2.75) is 6.36 Å². The number of likely N-dealkylation sites (N-methyl/N-ethyl adjacent to an activating group) is 1. The number of anilines is 2. The molecule has 0 bridgehead atoms. The van der Waals surface area contributed by atoms with Crippen LogP contribution in [0.5, 0.6) is 5.75 Å². The van der Waals surface area contributed by atoms with E-state index >= 15 is 0 Å². The number of para-hydroxylation sites is 1. The van der Waals surface area contributed by atoms with Crippen molar-refractivity contribution in [1.29, 1.82) is 0 Å². The molecule has 0 radical (unpaired) electrons. The third-order valence-electron chi connectivity index (χ3n) is 3.05. The summed E-state index contributed by atoms with van der Waals surface area (Å²) in [4.78, 5) is 13.6. The molecule has 0 aliphatic rings. The molecular formula is C16H15F3N2O2. The van der Waals surface area contributed by atoms with E-state index in [1.54, 1.807) is 19.2 Å². The molecule has 0 spiro atoms. The van der Waals surface area contributed by atoms with Crippen molar-refractivity contribution in [3.8, 4) is 5.75 Å². The number of alkyl halides is 3. The number of carbonyl (C=O) groups is 1.